The molecule has 1 N–H and O–H groups in total. The summed E-state index contributed by atoms with van der Waals surface area (Å²) in [4.78, 5) is 13.9. The lowest BCUT2D eigenvalue weighted by Gasteiger charge is -2.25. The van der Waals surface area contributed by atoms with Gasteiger partial charge >= 0.3 is 0 Å². The van der Waals surface area contributed by atoms with E-state index >= 15 is 0 Å². The third-order valence-electron chi connectivity index (χ3n) is 3.07. The molecular formula is C14H21NO2. The summed E-state index contributed by atoms with van der Waals surface area (Å²) in [7, 11) is 1.78. The van der Waals surface area contributed by atoms with Crippen molar-refractivity contribution in [2.24, 2.45) is 0 Å². The van der Waals surface area contributed by atoms with Gasteiger partial charge in [-0.25, -0.2) is 0 Å². The fourth-order valence-electron chi connectivity index (χ4n) is 1.82. The van der Waals surface area contributed by atoms with E-state index in [-0.39, 0.29) is 17.7 Å². The van der Waals surface area contributed by atoms with Crippen LogP contribution in [0.1, 0.15) is 42.6 Å². The van der Waals surface area contributed by atoms with Crippen LogP contribution in [-0.4, -0.2) is 29.0 Å². The van der Waals surface area contributed by atoms with E-state index < -0.39 is 0 Å². The molecule has 0 bridgehead atoms. The highest BCUT2D eigenvalue weighted by molar-refractivity contribution is 5.97. The minimum Gasteiger partial charge on any atom is -0.507 e. The molecule has 1 aromatic rings. The Labute approximate surface area is 103 Å². The van der Waals surface area contributed by atoms with Gasteiger partial charge in [0.25, 0.3) is 5.91 Å². The monoisotopic (exact) mass is 235 g/mol. The number of hydrogen-bond acceptors (Lipinski definition) is 2. The Hall–Kier alpha value is -1.51. The SMILES string of the molecule is CCCC(C)N(C)C(=O)c1cc(C)ccc1O. The Morgan fingerprint density at radius 2 is 2.12 bits per heavy atom. The van der Waals surface area contributed by atoms with Crippen LogP contribution in [0.5, 0.6) is 5.75 Å². The maximum absolute atomic E-state index is 12.2. The lowest BCUT2D eigenvalue weighted by Crippen LogP contribution is -2.35. The molecule has 0 saturated carbocycles. The smallest absolute Gasteiger partial charge is 0.257 e. The number of phenolic OH excluding ortho intramolecular Hbond substituents is 1. The molecule has 17 heavy (non-hydrogen) atoms. The van der Waals surface area contributed by atoms with Gasteiger partial charge in [-0.15, -0.1) is 0 Å². The molecule has 0 fully saturated rings. The molecule has 1 atom stereocenters. The quantitative estimate of drug-likeness (QED) is 0.871. The van der Waals surface area contributed by atoms with Crippen LogP contribution in [0.3, 0.4) is 0 Å². The Morgan fingerprint density at radius 3 is 2.71 bits per heavy atom. The van der Waals surface area contributed by atoms with E-state index in [2.05, 4.69) is 6.92 Å². The number of aryl methyl sites for hydroxylation is 1. The first-order valence-corrected chi connectivity index (χ1v) is 6.04. The number of hydrogen-bond donors (Lipinski definition) is 1. The number of nitrogens with zero attached hydrogens (tertiary/aromatic N) is 1. The topological polar surface area (TPSA) is 40.5 Å². The standard InChI is InChI=1S/C14H21NO2/c1-5-6-11(3)15(4)14(17)12-9-10(2)7-8-13(12)16/h7-9,11,16H,5-6H2,1-4H3. The molecule has 94 valence electrons. The lowest BCUT2D eigenvalue weighted by molar-refractivity contribution is 0.0733. The summed E-state index contributed by atoms with van der Waals surface area (Å²) in [5.41, 5.74) is 1.36. The molecule has 0 spiro atoms. The summed E-state index contributed by atoms with van der Waals surface area (Å²) >= 11 is 0. The molecule has 1 unspecified atom stereocenters. The molecular weight excluding hydrogens is 214 g/mol. The van der Waals surface area contributed by atoms with Gasteiger partial charge in [0.05, 0.1) is 5.56 Å². The van der Waals surface area contributed by atoms with Crippen molar-refractivity contribution in [2.75, 3.05) is 7.05 Å². The van der Waals surface area contributed by atoms with Gasteiger partial charge in [-0.1, -0.05) is 25.0 Å². The van der Waals surface area contributed by atoms with Crippen LogP contribution in [0, 0.1) is 6.92 Å². The van der Waals surface area contributed by atoms with Crippen molar-refractivity contribution >= 4 is 5.91 Å². The summed E-state index contributed by atoms with van der Waals surface area (Å²) in [6, 6.07) is 5.28. The van der Waals surface area contributed by atoms with Crippen LogP contribution in [0.4, 0.5) is 0 Å². The highest BCUT2D eigenvalue weighted by Gasteiger charge is 2.19. The molecule has 1 aromatic carbocycles. The Bertz CT molecular complexity index is 401. The maximum Gasteiger partial charge on any atom is 0.257 e. The minimum atomic E-state index is -0.118. The van der Waals surface area contributed by atoms with Gasteiger partial charge in [0.1, 0.15) is 5.75 Å². The molecule has 0 aromatic heterocycles. The third kappa shape index (κ3) is 3.22. The van der Waals surface area contributed by atoms with Gasteiger partial charge in [-0.3, -0.25) is 4.79 Å². The normalized spacial score (nSPS) is 12.2. The molecule has 3 nitrogen and oxygen atoms in total. The van der Waals surface area contributed by atoms with Crippen LogP contribution < -0.4 is 0 Å². The second kappa shape index (κ2) is 5.71. The summed E-state index contributed by atoms with van der Waals surface area (Å²) in [6.45, 7) is 6.03. The van der Waals surface area contributed by atoms with E-state index in [0.717, 1.165) is 18.4 Å². The lowest BCUT2D eigenvalue weighted by atomic mass is 10.1. The number of carbonyl (C=O) groups is 1. The first kappa shape index (κ1) is 13.6. The highest BCUT2D eigenvalue weighted by Crippen LogP contribution is 2.21. The van der Waals surface area contributed by atoms with Crippen molar-refractivity contribution in [3.05, 3.63) is 29.3 Å². The van der Waals surface area contributed by atoms with Gasteiger partial charge in [0, 0.05) is 13.1 Å². The second-order valence-electron chi connectivity index (χ2n) is 4.57. The number of phenols is 1. The predicted molar refractivity (Wildman–Crippen MR) is 69.3 cm³/mol. The predicted octanol–water partition coefficient (Wildman–Crippen LogP) is 2.96. The summed E-state index contributed by atoms with van der Waals surface area (Å²) in [5.74, 6) is -0.0664. The Kier molecular flexibility index (Phi) is 4.55. The molecule has 3 heteroatoms. The molecule has 0 aliphatic heterocycles. The van der Waals surface area contributed by atoms with Crippen molar-refractivity contribution in [3.63, 3.8) is 0 Å². The van der Waals surface area contributed by atoms with Gasteiger partial charge in [-0.2, -0.15) is 0 Å². The van der Waals surface area contributed by atoms with Gasteiger partial charge < -0.3 is 10.0 Å². The van der Waals surface area contributed by atoms with E-state index in [1.54, 1.807) is 30.1 Å². The van der Waals surface area contributed by atoms with Crippen LogP contribution >= 0.6 is 0 Å². The van der Waals surface area contributed by atoms with Crippen molar-refractivity contribution in [1.82, 2.24) is 4.90 Å². The zero-order valence-corrected chi connectivity index (χ0v) is 11.0. The fraction of sp³-hybridized carbons (Fsp3) is 0.500. The third-order valence-corrected chi connectivity index (χ3v) is 3.07. The van der Waals surface area contributed by atoms with Crippen molar-refractivity contribution in [2.45, 2.75) is 39.7 Å². The molecule has 1 amide bonds. The minimum absolute atomic E-state index is 0.0520. The molecule has 0 saturated heterocycles. The Morgan fingerprint density at radius 1 is 1.47 bits per heavy atom. The number of amides is 1. The molecule has 0 aliphatic carbocycles. The first-order valence-electron chi connectivity index (χ1n) is 6.04. The maximum atomic E-state index is 12.2. The van der Waals surface area contributed by atoms with E-state index in [4.69, 9.17) is 0 Å². The number of carbonyl (C=O) groups excluding carboxylic acids is 1. The number of rotatable bonds is 4. The largest absolute Gasteiger partial charge is 0.507 e. The first-order chi connectivity index (χ1) is 7.97. The Balaban J connectivity index is 2.92. The number of aromatic hydroxyl groups is 1. The number of benzene rings is 1. The highest BCUT2D eigenvalue weighted by atomic mass is 16.3. The fourth-order valence-corrected chi connectivity index (χ4v) is 1.82. The van der Waals surface area contributed by atoms with Crippen LogP contribution in [0.15, 0.2) is 18.2 Å². The zero-order chi connectivity index (χ0) is 13.0. The van der Waals surface area contributed by atoms with E-state index in [1.165, 1.54) is 0 Å². The summed E-state index contributed by atoms with van der Waals surface area (Å²) in [5, 5.41) is 9.72. The van der Waals surface area contributed by atoms with Gasteiger partial charge in [0.2, 0.25) is 0 Å². The average molecular weight is 235 g/mol. The summed E-state index contributed by atoms with van der Waals surface area (Å²) < 4.78 is 0. The van der Waals surface area contributed by atoms with Crippen molar-refractivity contribution in [3.8, 4) is 5.75 Å². The van der Waals surface area contributed by atoms with E-state index in [0.29, 0.717) is 5.56 Å². The zero-order valence-electron chi connectivity index (χ0n) is 11.0. The van der Waals surface area contributed by atoms with Crippen molar-refractivity contribution < 1.29 is 9.90 Å². The molecule has 0 heterocycles. The van der Waals surface area contributed by atoms with E-state index in [1.807, 2.05) is 13.8 Å². The van der Waals surface area contributed by atoms with E-state index in [9.17, 15) is 9.90 Å². The van der Waals surface area contributed by atoms with Crippen LogP contribution in [0.25, 0.3) is 0 Å². The molecule has 1 rings (SSSR count). The summed E-state index contributed by atoms with van der Waals surface area (Å²) in [6.07, 6.45) is 2.01. The second-order valence-corrected chi connectivity index (χ2v) is 4.57. The molecule has 0 aliphatic rings. The van der Waals surface area contributed by atoms with Gasteiger partial charge in [0.15, 0.2) is 0 Å². The average Bonchev–Trinajstić information content (AvgIpc) is 2.30. The van der Waals surface area contributed by atoms with Crippen LogP contribution in [0.2, 0.25) is 0 Å². The van der Waals surface area contributed by atoms with Crippen molar-refractivity contribution in [1.29, 1.82) is 0 Å². The van der Waals surface area contributed by atoms with Gasteiger partial charge in [-0.05, 0) is 32.4 Å². The van der Waals surface area contributed by atoms with Crippen LogP contribution in [-0.2, 0) is 0 Å². The molecule has 0 radical (unpaired) electrons.